The SMILES string of the molecule is CC1CC1C(=O)NCCCNC1CC1. The zero-order chi connectivity index (χ0) is 9.97. The van der Waals surface area contributed by atoms with Gasteiger partial charge in [-0.3, -0.25) is 4.79 Å². The van der Waals surface area contributed by atoms with Gasteiger partial charge in [-0.1, -0.05) is 6.92 Å². The Balaban J connectivity index is 1.43. The third-order valence-corrected chi connectivity index (χ3v) is 3.11. The average Bonchev–Trinajstić information content (AvgIpc) is 3.01. The first-order valence-electron chi connectivity index (χ1n) is 5.78. The molecular weight excluding hydrogens is 176 g/mol. The van der Waals surface area contributed by atoms with E-state index in [-0.39, 0.29) is 5.91 Å². The molecule has 0 bridgehead atoms. The molecule has 0 radical (unpaired) electrons. The van der Waals surface area contributed by atoms with Crippen LogP contribution in [0.25, 0.3) is 0 Å². The van der Waals surface area contributed by atoms with Crippen LogP contribution in [0.3, 0.4) is 0 Å². The number of nitrogens with one attached hydrogen (secondary N) is 2. The minimum Gasteiger partial charge on any atom is -0.356 e. The third kappa shape index (κ3) is 2.98. The Hall–Kier alpha value is -0.570. The predicted octanol–water partition coefficient (Wildman–Crippen LogP) is 0.901. The smallest absolute Gasteiger partial charge is 0.223 e. The summed E-state index contributed by atoms with van der Waals surface area (Å²) in [5.41, 5.74) is 0. The molecule has 0 aromatic heterocycles. The van der Waals surface area contributed by atoms with E-state index in [1.54, 1.807) is 0 Å². The lowest BCUT2D eigenvalue weighted by Gasteiger charge is -2.04. The van der Waals surface area contributed by atoms with Gasteiger partial charge in [0.1, 0.15) is 0 Å². The highest BCUT2D eigenvalue weighted by Crippen LogP contribution is 2.37. The maximum Gasteiger partial charge on any atom is 0.223 e. The summed E-state index contributed by atoms with van der Waals surface area (Å²) < 4.78 is 0. The van der Waals surface area contributed by atoms with Gasteiger partial charge in [0.05, 0.1) is 0 Å². The molecule has 0 saturated heterocycles. The van der Waals surface area contributed by atoms with Gasteiger partial charge in [-0.05, 0) is 38.1 Å². The van der Waals surface area contributed by atoms with Gasteiger partial charge >= 0.3 is 0 Å². The van der Waals surface area contributed by atoms with Crippen molar-refractivity contribution < 1.29 is 4.79 Å². The summed E-state index contributed by atoms with van der Waals surface area (Å²) in [5, 5.41) is 6.42. The number of carbonyl (C=O) groups excluding carboxylic acids is 1. The quantitative estimate of drug-likeness (QED) is 0.620. The van der Waals surface area contributed by atoms with Gasteiger partial charge in [-0.2, -0.15) is 0 Å². The highest BCUT2D eigenvalue weighted by Gasteiger charge is 2.38. The van der Waals surface area contributed by atoms with Crippen LogP contribution in [0, 0.1) is 11.8 Å². The molecule has 80 valence electrons. The number of rotatable bonds is 6. The van der Waals surface area contributed by atoms with Crippen LogP contribution in [0.15, 0.2) is 0 Å². The molecule has 2 atom stereocenters. The molecule has 2 rings (SSSR count). The molecule has 1 amide bonds. The summed E-state index contributed by atoms with van der Waals surface area (Å²) in [7, 11) is 0. The minimum atomic E-state index is 0.268. The van der Waals surface area contributed by atoms with E-state index in [2.05, 4.69) is 17.6 Å². The van der Waals surface area contributed by atoms with Gasteiger partial charge in [0, 0.05) is 18.5 Å². The predicted molar refractivity (Wildman–Crippen MR) is 55.9 cm³/mol. The van der Waals surface area contributed by atoms with Gasteiger partial charge in [0.25, 0.3) is 0 Å². The van der Waals surface area contributed by atoms with Gasteiger partial charge < -0.3 is 10.6 Å². The van der Waals surface area contributed by atoms with Crippen LogP contribution in [-0.2, 0) is 4.79 Å². The Morgan fingerprint density at radius 2 is 2.07 bits per heavy atom. The molecule has 0 aliphatic heterocycles. The lowest BCUT2D eigenvalue weighted by atomic mass is 10.3. The van der Waals surface area contributed by atoms with Crippen LogP contribution < -0.4 is 10.6 Å². The number of amides is 1. The average molecular weight is 196 g/mol. The standard InChI is InChI=1S/C11H20N2O/c1-8-7-10(8)11(14)13-6-2-5-12-9-3-4-9/h8-10,12H,2-7H2,1H3,(H,13,14). The van der Waals surface area contributed by atoms with Crippen LogP contribution in [0.1, 0.15) is 32.6 Å². The van der Waals surface area contributed by atoms with Crippen molar-refractivity contribution in [3.8, 4) is 0 Å². The largest absolute Gasteiger partial charge is 0.356 e. The molecule has 2 unspecified atom stereocenters. The minimum absolute atomic E-state index is 0.268. The second-order valence-electron chi connectivity index (χ2n) is 4.69. The van der Waals surface area contributed by atoms with E-state index in [9.17, 15) is 4.79 Å². The van der Waals surface area contributed by atoms with Crippen LogP contribution >= 0.6 is 0 Å². The van der Waals surface area contributed by atoms with E-state index in [1.165, 1.54) is 12.8 Å². The van der Waals surface area contributed by atoms with Crippen molar-refractivity contribution in [2.24, 2.45) is 11.8 Å². The fourth-order valence-corrected chi connectivity index (χ4v) is 1.71. The lowest BCUT2D eigenvalue weighted by molar-refractivity contribution is -0.122. The summed E-state index contributed by atoms with van der Waals surface area (Å²) >= 11 is 0. The van der Waals surface area contributed by atoms with Crippen LogP contribution in [0.2, 0.25) is 0 Å². The van der Waals surface area contributed by atoms with Crippen LogP contribution in [0.4, 0.5) is 0 Å². The Kier molecular flexibility index (Phi) is 3.06. The van der Waals surface area contributed by atoms with E-state index >= 15 is 0 Å². The van der Waals surface area contributed by atoms with Crippen molar-refractivity contribution in [3.05, 3.63) is 0 Å². The summed E-state index contributed by atoms with van der Waals surface area (Å²) in [6.45, 7) is 4.02. The van der Waals surface area contributed by atoms with Crippen LogP contribution in [-0.4, -0.2) is 25.0 Å². The van der Waals surface area contributed by atoms with Crippen molar-refractivity contribution in [2.45, 2.75) is 38.6 Å². The topological polar surface area (TPSA) is 41.1 Å². The number of hydrogen-bond acceptors (Lipinski definition) is 2. The summed E-state index contributed by atoms with van der Waals surface area (Å²) in [5.74, 6) is 1.22. The van der Waals surface area contributed by atoms with Gasteiger partial charge in [0.15, 0.2) is 0 Å². The number of hydrogen-bond donors (Lipinski definition) is 2. The normalized spacial score (nSPS) is 30.1. The Morgan fingerprint density at radius 3 is 2.64 bits per heavy atom. The molecular formula is C11H20N2O. The summed E-state index contributed by atoms with van der Waals surface area (Å²) in [6, 6.07) is 0.786. The van der Waals surface area contributed by atoms with Crippen molar-refractivity contribution >= 4 is 5.91 Å². The van der Waals surface area contributed by atoms with Crippen LogP contribution in [0.5, 0.6) is 0 Å². The van der Waals surface area contributed by atoms with Crippen molar-refractivity contribution in [2.75, 3.05) is 13.1 Å². The fraction of sp³-hybridized carbons (Fsp3) is 0.909. The zero-order valence-electron chi connectivity index (χ0n) is 8.88. The van der Waals surface area contributed by atoms with E-state index in [0.717, 1.165) is 32.0 Å². The lowest BCUT2D eigenvalue weighted by Crippen LogP contribution is -2.29. The first kappa shape index (κ1) is 9.97. The molecule has 14 heavy (non-hydrogen) atoms. The van der Waals surface area contributed by atoms with Crippen molar-refractivity contribution in [1.82, 2.24) is 10.6 Å². The second-order valence-corrected chi connectivity index (χ2v) is 4.69. The Labute approximate surface area is 85.6 Å². The molecule has 3 heteroatoms. The highest BCUT2D eigenvalue weighted by atomic mass is 16.2. The molecule has 2 aliphatic rings. The van der Waals surface area contributed by atoms with Gasteiger partial charge in [-0.25, -0.2) is 0 Å². The molecule has 2 fully saturated rings. The monoisotopic (exact) mass is 196 g/mol. The molecule has 2 N–H and O–H groups in total. The van der Waals surface area contributed by atoms with E-state index in [1.807, 2.05) is 0 Å². The zero-order valence-corrected chi connectivity index (χ0v) is 8.88. The molecule has 0 spiro atoms. The fourth-order valence-electron chi connectivity index (χ4n) is 1.71. The summed E-state index contributed by atoms with van der Waals surface area (Å²) in [6.07, 6.45) is 4.83. The third-order valence-electron chi connectivity index (χ3n) is 3.11. The van der Waals surface area contributed by atoms with E-state index < -0.39 is 0 Å². The molecule has 2 aliphatic carbocycles. The van der Waals surface area contributed by atoms with E-state index in [0.29, 0.717) is 11.8 Å². The summed E-state index contributed by atoms with van der Waals surface area (Å²) in [4.78, 5) is 11.4. The Morgan fingerprint density at radius 1 is 1.36 bits per heavy atom. The molecule has 0 aromatic carbocycles. The Bertz CT molecular complexity index is 213. The van der Waals surface area contributed by atoms with Crippen molar-refractivity contribution in [1.29, 1.82) is 0 Å². The number of carbonyl (C=O) groups is 1. The molecule has 0 heterocycles. The molecule has 2 saturated carbocycles. The van der Waals surface area contributed by atoms with E-state index in [4.69, 9.17) is 0 Å². The molecule has 0 aromatic rings. The maximum absolute atomic E-state index is 11.4. The van der Waals surface area contributed by atoms with Crippen molar-refractivity contribution in [3.63, 3.8) is 0 Å². The highest BCUT2D eigenvalue weighted by molar-refractivity contribution is 5.81. The molecule has 3 nitrogen and oxygen atoms in total. The maximum atomic E-state index is 11.4. The first-order chi connectivity index (χ1) is 6.77. The first-order valence-corrected chi connectivity index (χ1v) is 5.78. The van der Waals surface area contributed by atoms with Gasteiger partial charge in [0.2, 0.25) is 5.91 Å². The second kappa shape index (κ2) is 4.30. The van der Waals surface area contributed by atoms with Gasteiger partial charge in [-0.15, -0.1) is 0 Å².